The zero-order valence-electron chi connectivity index (χ0n) is 13.7. The number of halogens is 3. The molecule has 2 aromatic rings. The van der Waals surface area contributed by atoms with Gasteiger partial charge in [-0.3, -0.25) is 4.79 Å². The van der Waals surface area contributed by atoms with Gasteiger partial charge >= 0.3 is 0 Å². The maximum atomic E-state index is 13.7. The maximum Gasteiger partial charge on any atom is 0.257 e. The molecule has 1 fully saturated rings. The Morgan fingerprint density at radius 2 is 1.68 bits per heavy atom. The monoisotopic (exact) mass is 380 g/mol. The first kappa shape index (κ1) is 18.0. The quantitative estimate of drug-likeness (QED) is 0.685. The minimum atomic E-state index is -0.669. The van der Waals surface area contributed by atoms with E-state index in [1.165, 1.54) is 18.9 Å². The lowest BCUT2D eigenvalue weighted by Crippen LogP contribution is -2.25. The summed E-state index contributed by atoms with van der Waals surface area (Å²) in [5.41, 5.74) is 1.73. The van der Waals surface area contributed by atoms with Gasteiger partial charge in [0.1, 0.15) is 5.82 Å². The molecular weight excluding hydrogens is 362 g/mol. The van der Waals surface area contributed by atoms with E-state index in [9.17, 15) is 9.18 Å². The number of nitrogens with one attached hydrogen (secondary N) is 1. The number of nitrogens with zero attached hydrogens (tertiary/aromatic N) is 1. The third kappa shape index (κ3) is 4.25. The van der Waals surface area contributed by atoms with Gasteiger partial charge in [0.25, 0.3) is 5.91 Å². The van der Waals surface area contributed by atoms with Crippen molar-refractivity contribution in [2.24, 2.45) is 0 Å². The standard InChI is InChI=1S/C19H19Cl2FN2O/c20-14-12-15(21)16(22)11-13(14)19(25)23-17-7-3-4-8-18(17)24-9-5-1-2-6-10-24/h3-4,7-8,11-12H,1-2,5-6,9-10H2,(H,23,25). The predicted octanol–water partition coefficient (Wildman–Crippen LogP) is 5.77. The van der Waals surface area contributed by atoms with Crippen LogP contribution in [0.4, 0.5) is 15.8 Å². The van der Waals surface area contributed by atoms with Gasteiger partial charge in [-0.1, -0.05) is 48.2 Å². The molecule has 25 heavy (non-hydrogen) atoms. The number of amides is 1. The van der Waals surface area contributed by atoms with Gasteiger partial charge in [-0.05, 0) is 37.1 Å². The lowest BCUT2D eigenvalue weighted by atomic mass is 10.1. The lowest BCUT2D eigenvalue weighted by molar-refractivity contribution is 0.102. The normalized spacial score (nSPS) is 14.9. The number of para-hydroxylation sites is 2. The van der Waals surface area contributed by atoms with Crippen molar-refractivity contribution in [3.05, 3.63) is 57.8 Å². The van der Waals surface area contributed by atoms with E-state index >= 15 is 0 Å². The third-order valence-electron chi connectivity index (χ3n) is 4.35. The molecule has 0 saturated carbocycles. The number of hydrogen-bond donors (Lipinski definition) is 1. The van der Waals surface area contributed by atoms with E-state index < -0.39 is 11.7 Å². The Kier molecular flexibility index (Phi) is 5.82. The summed E-state index contributed by atoms with van der Waals surface area (Å²) >= 11 is 11.7. The van der Waals surface area contributed by atoms with Crippen molar-refractivity contribution < 1.29 is 9.18 Å². The summed E-state index contributed by atoms with van der Waals surface area (Å²) in [4.78, 5) is 14.9. The predicted molar refractivity (Wildman–Crippen MR) is 101 cm³/mol. The Bertz CT molecular complexity index is 774. The van der Waals surface area contributed by atoms with Crippen molar-refractivity contribution in [2.45, 2.75) is 25.7 Å². The molecule has 2 aromatic carbocycles. The van der Waals surface area contributed by atoms with Crippen LogP contribution in [0.1, 0.15) is 36.0 Å². The summed E-state index contributed by atoms with van der Waals surface area (Å²) in [5, 5.41) is 2.87. The second kappa shape index (κ2) is 8.07. The van der Waals surface area contributed by atoms with Gasteiger partial charge in [0.2, 0.25) is 0 Å². The summed E-state index contributed by atoms with van der Waals surface area (Å²) < 4.78 is 13.7. The second-order valence-corrected chi connectivity index (χ2v) is 6.93. The molecule has 1 N–H and O–H groups in total. The van der Waals surface area contributed by atoms with Gasteiger partial charge in [-0.2, -0.15) is 0 Å². The molecule has 3 nitrogen and oxygen atoms in total. The number of rotatable bonds is 3. The molecule has 0 aromatic heterocycles. The Balaban J connectivity index is 1.85. The van der Waals surface area contributed by atoms with Crippen molar-refractivity contribution in [2.75, 3.05) is 23.3 Å². The molecule has 1 saturated heterocycles. The highest BCUT2D eigenvalue weighted by Gasteiger charge is 2.18. The van der Waals surface area contributed by atoms with Crippen LogP contribution in [-0.2, 0) is 0 Å². The zero-order valence-corrected chi connectivity index (χ0v) is 15.2. The fourth-order valence-electron chi connectivity index (χ4n) is 3.05. The SMILES string of the molecule is O=C(Nc1ccccc1N1CCCCCC1)c1cc(F)c(Cl)cc1Cl. The Labute approximate surface area is 156 Å². The molecule has 0 radical (unpaired) electrons. The third-order valence-corrected chi connectivity index (χ3v) is 4.96. The van der Waals surface area contributed by atoms with E-state index in [0.717, 1.165) is 37.7 Å². The molecule has 1 aliphatic heterocycles. The highest BCUT2D eigenvalue weighted by molar-refractivity contribution is 6.37. The molecule has 6 heteroatoms. The van der Waals surface area contributed by atoms with Gasteiger partial charge < -0.3 is 10.2 Å². The molecule has 0 bridgehead atoms. The number of hydrogen-bond acceptors (Lipinski definition) is 2. The van der Waals surface area contributed by atoms with Crippen molar-refractivity contribution in [1.29, 1.82) is 0 Å². The molecule has 1 amide bonds. The fraction of sp³-hybridized carbons (Fsp3) is 0.316. The Hall–Kier alpha value is -1.78. The zero-order chi connectivity index (χ0) is 17.8. The van der Waals surface area contributed by atoms with Crippen molar-refractivity contribution in [3.8, 4) is 0 Å². The van der Waals surface area contributed by atoms with Crippen LogP contribution in [0.25, 0.3) is 0 Å². The van der Waals surface area contributed by atoms with Crippen molar-refractivity contribution in [1.82, 2.24) is 0 Å². The van der Waals surface area contributed by atoms with E-state index in [2.05, 4.69) is 10.2 Å². The van der Waals surface area contributed by atoms with E-state index in [1.54, 1.807) is 0 Å². The van der Waals surface area contributed by atoms with Gasteiger partial charge in [0.05, 0.1) is 27.0 Å². The summed E-state index contributed by atoms with van der Waals surface area (Å²) in [5.74, 6) is -1.13. The number of anilines is 2. The average Bonchev–Trinajstić information content (AvgIpc) is 2.88. The van der Waals surface area contributed by atoms with Gasteiger partial charge in [-0.15, -0.1) is 0 Å². The minimum Gasteiger partial charge on any atom is -0.370 e. The van der Waals surface area contributed by atoms with Crippen molar-refractivity contribution in [3.63, 3.8) is 0 Å². The molecule has 1 aliphatic rings. The first-order chi connectivity index (χ1) is 12.1. The topological polar surface area (TPSA) is 32.3 Å². The number of carbonyl (C=O) groups is 1. The molecule has 3 rings (SSSR count). The minimum absolute atomic E-state index is 0.0641. The molecule has 0 spiro atoms. The van der Waals surface area contributed by atoms with Crippen LogP contribution in [0.15, 0.2) is 36.4 Å². The van der Waals surface area contributed by atoms with Gasteiger partial charge in [0.15, 0.2) is 0 Å². The van der Waals surface area contributed by atoms with Crippen LogP contribution in [0.2, 0.25) is 10.0 Å². The van der Waals surface area contributed by atoms with E-state index in [4.69, 9.17) is 23.2 Å². The molecule has 0 atom stereocenters. The lowest BCUT2D eigenvalue weighted by Gasteiger charge is -2.25. The van der Waals surface area contributed by atoms with Crippen LogP contribution in [0.5, 0.6) is 0 Å². The summed E-state index contributed by atoms with van der Waals surface area (Å²) in [6.07, 6.45) is 4.72. The summed E-state index contributed by atoms with van der Waals surface area (Å²) in [6, 6.07) is 9.96. The second-order valence-electron chi connectivity index (χ2n) is 6.12. The average molecular weight is 381 g/mol. The first-order valence-electron chi connectivity index (χ1n) is 8.36. The van der Waals surface area contributed by atoms with Crippen LogP contribution in [0, 0.1) is 5.82 Å². The Morgan fingerprint density at radius 1 is 1.00 bits per heavy atom. The van der Waals surface area contributed by atoms with Gasteiger partial charge in [-0.25, -0.2) is 4.39 Å². The first-order valence-corrected chi connectivity index (χ1v) is 9.12. The largest absolute Gasteiger partial charge is 0.370 e. The van der Waals surface area contributed by atoms with E-state index in [0.29, 0.717) is 5.69 Å². The van der Waals surface area contributed by atoms with E-state index in [1.807, 2.05) is 24.3 Å². The summed E-state index contributed by atoms with van der Waals surface area (Å²) in [6.45, 7) is 1.92. The maximum absolute atomic E-state index is 13.7. The van der Waals surface area contributed by atoms with Crippen LogP contribution >= 0.6 is 23.2 Å². The molecule has 132 valence electrons. The molecule has 0 aliphatic carbocycles. The van der Waals surface area contributed by atoms with Gasteiger partial charge in [0, 0.05) is 13.1 Å². The van der Waals surface area contributed by atoms with Crippen LogP contribution < -0.4 is 10.2 Å². The van der Waals surface area contributed by atoms with Crippen LogP contribution in [-0.4, -0.2) is 19.0 Å². The van der Waals surface area contributed by atoms with Crippen molar-refractivity contribution >= 4 is 40.5 Å². The number of benzene rings is 2. The highest BCUT2D eigenvalue weighted by atomic mass is 35.5. The number of carbonyl (C=O) groups excluding carboxylic acids is 1. The van der Waals surface area contributed by atoms with Crippen LogP contribution in [0.3, 0.4) is 0 Å². The fourth-order valence-corrected chi connectivity index (χ4v) is 3.52. The molecule has 0 unspecified atom stereocenters. The van der Waals surface area contributed by atoms with E-state index in [-0.39, 0.29) is 15.6 Å². The Morgan fingerprint density at radius 3 is 2.40 bits per heavy atom. The molecule has 1 heterocycles. The highest BCUT2D eigenvalue weighted by Crippen LogP contribution is 2.30. The summed E-state index contributed by atoms with van der Waals surface area (Å²) in [7, 11) is 0. The molecular formula is C19H19Cl2FN2O. The smallest absolute Gasteiger partial charge is 0.257 e.